The molecule has 21 heavy (non-hydrogen) atoms. The number of carbonyl (C=O) groups is 2. The molecule has 1 aromatic rings. The Kier molecular flexibility index (Phi) is 5.74. The maximum atomic E-state index is 12.3. The molecule has 0 atom stereocenters. The predicted octanol–water partition coefficient (Wildman–Crippen LogP) is 1.36. The summed E-state index contributed by atoms with van der Waals surface area (Å²) in [5.41, 5.74) is -1.06. The van der Waals surface area contributed by atoms with Gasteiger partial charge in [0.15, 0.2) is 5.69 Å². The summed E-state index contributed by atoms with van der Waals surface area (Å²) in [7, 11) is 0. The number of aromatic nitrogens is 2. The first-order chi connectivity index (χ1) is 9.68. The molecule has 1 heterocycles. The van der Waals surface area contributed by atoms with Crippen LogP contribution in [0.1, 0.15) is 26.0 Å². The summed E-state index contributed by atoms with van der Waals surface area (Å²) in [5.74, 6) is -0.993. The molecule has 0 saturated carbocycles. The van der Waals surface area contributed by atoms with Crippen molar-refractivity contribution in [3.8, 4) is 0 Å². The van der Waals surface area contributed by atoms with E-state index in [1.807, 2.05) is 0 Å². The van der Waals surface area contributed by atoms with Crippen LogP contribution in [0.15, 0.2) is 12.3 Å². The van der Waals surface area contributed by atoms with Crippen molar-refractivity contribution < 1.29 is 27.5 Å². The Balaban J connectivity index is 2.34. The Hall–Kier alpha value is -2.06. The number of esters is 1. The Morgan fingerprint density at radius 3 is 2.62 bits per heavy atom. The van der Waals surface area contributed by atoms with Gasteiger partial charge in [-0.1, -0.05) is 0 Å². The van der Waals surface area contributed by atoms with Gasteiger partial charge < -0.3 is 10.1 Å². The van der Waals surface area contributed by atoms with Crippen LogP contribution in [0, 0.1) is 0 Å². The van der Waals surface area contributed by atoms with Crippen molar-refractivity contribution >= 4 is 11.9 Å². The van der Waals surface area contributed by atoms with Gasteiger partial charge in [-0.3, -0.25) is 14.3 Å². The number of nitrogens with zero attached hydrogens (tertiary/aromatic N) is 2. The minimum absolute atomic E-state index is 0.00315. The number of halogens is 3. The zero-order chi connectivity index (χ0) is 16.0. The molecule has 1 rings (SSSR count). The van der Waals surface area contributed by atoms with E-state index in [-0.39, 0.29) is 25.6 Å². The zero-order valence-electron chi connectivity index (χ0n) is 11.6. The maximum Gasteiger partial charge on any atom is 0.435 e. The van der Waals surface area contributed by atoms with Crippen molar-refractivity contribution in [1.82, 2.24) is 15.1 Å². The number of ether oxygens (including phenoxy) is 1. The van der Waals surface area contributed by atoms with Gasteiger partial charge in [-0.15, -0.1) is 0 Å². The molecule has 9 heteroatoms. The molecule has 0 aliphatic carbocycles. The van der Waals surface area contributed by atoms with Crippen molar-refractivity contribution in [2.45, 2.75) is 39.1 Å². The molecule has 0 aliphatic heterocycles. The second-order valence-corrected chi connectivity index (χ2v) is 4.53. The van der Waals surface area contributed by atoms with E-state index in [1.165, 1.54) is 0 Å². The number of hydrogen-bond acceptors (Lipinski definition) is 4. The Morgan fingerprint density at radius 1 is 1.43 bits per heavy atom. The molecule has 6 nitrogen and oxygen atoms in total. The van der Waals surface area contributed by atoms with Crippen molar-refractivity contribution in [1.29, 1.82) is 0 Å². The quantitative estimate of drug-likeness (QED) is 0.805. The van der Waals surface area contributed by atoms with E-state index in [9.17, 15) is 22.8 Å². The van der Waals surface area contributed by atoms with Gasteiger partial charge in [-0.05, 0) is 19.9 Å². The van der Waals surface area contributed by atoms with Gasteiger partial charge in [0, 0.05) is 12.7 Å². The number of hydrogen-bond donors (Lipinski definition) is 1. The van der Waals surface area contributed by atoms with Crippen LogP contribution in [0.2, 0.25) is 0 Å². The Labute approximate surface area is 119 Å². The van der Waals surface area contributed by atoms with Crippen LogP contribution >= 0.6 is 0 Å². The molecular formula is C12H16F3N3O3. The van der Waals surface area contributed by atoms with E-state index in [4.69, 9.17) is 4.74 Å². The first-order valence-corrected chi connectivity index (χ1v) is 6.25. The first-order valence-electron chi connectivity index (χ1n) is 6.25. The fourth-order valence-electron chi connectivity index (χ4n) is 1.43. The van der Waals surface area contributed by atoms with Gasteiger partial charge in [0.25, 0.3) is 0 Å². The van der Waals surface area contributed by atoms with Crippen molar-refractivity contribution in [3.05, 3.63) is 18.0 Å². The predicted molar refractivity (Wildman–Crippen MR) is 66.1 cm³/mol. The lowest BCUT2D eigenvalue weighted by atomic mass is 10.4. The molecule has 1 amide bonds. The first kappa shape index (κ1) is 17.0. The summed E-state index contributed by atoms with van der Waals surface area (Å²) in [6, 6.07) is 0.785. The van der Waals surface area contributed by atoms with Crippen LogP contribution in [0.3, 0.4) is 0 Å². The highest BCUT2D eigenvalue weighted by Crippen LogP contribution is 2.27. The summed E-state index contributed by atoms with van der Waals surface area (Å²) < 4.78 is 42.7. The summed E-state index contributed by atoms with van der Waals surface area (Å²) >= 11 is 0. The third-order valence-electron chi connectivity index (χ3n) is 2.26. The molecule has 0 aromatic carbocycles. The van der Waals surface area contributed by atoms with E-state index in [2.05, 4.69) is 10.4 Å². The zero-order valence-corrected chi connectivity index (χ0v) is 11.6. The van der Waals surface area contributed by atoms with Crippen molar-refractivity contribution in [2.75, 3.05) is 6.54 Å². The average Bonchev–Trinajstić information content (AvgIpc) is 2.75. The van der Waals surface area contributed by atoms with Crippen molar-refractivity contribution in [3.63, 3.8) is 0 Å². The summed E-state index contributed by atoms with van der Waals surface area (Å²) in [6.45, 7) is 3.10. The standard InChI is InChI=1S/C12H16F3N3O3/c1-8(2)21-11(20)3-5-16-10(19)7-18-6-4-9(17-18)12(13,14)15/h4,6,8H,3,5,7H2,1-2H3,(H,16,19). The Bertz CT molecular complexity index is 497. The summed E-state index contributed by atoms with van der Waals surface area (Å²) in [6.07, 6.45) is -3.72. The smallest absolute Gasteiger partial charge is 0.435 e. The molecule has 1 N–H and O–H groups in total. The van der Waals surface area contributed by atoms with Gasteiger partial charge in [0.05, 0.1) is 12.5 Å². The number of nitrogens with one attached hydrogen (secondary N) is 1. The molecule has 0 saturated heterocycles. The lowest BCUT2D eigenvalue weighted by Gasteiger charge is -2.08. The number of alkyl halides is 3. The van der Waals surface area contributed by atoms with Crippen molar-refractivity contribution in [2.24, 2.45) is 0 Å². The lowest BCUT2D eigenvalue weighted by Crippen LogP contribution is -2.30. The van der Waals surface area contributed by atoms with E-state index in [0.29, 0.717) is 0 Å². The second-order valence-electron chi connectivity index (χ2n) is 4.53. The fourth-order valence-corrected chi connectivity index (χ4v) is 1.43. The second kappa shape index (κ2) is 7.09. The number of rotatable bonds is 6. The molecule has 0 radical (unpaired) electrons. The Morgan fingerprint density at radius 2 is 2.10 bits per heavy atom. The summed E-state index contributed by atoms with van der Waals surface area (Å²) in [5, 5.41) is 5.64. The molecule has 118 valence electrons. The highest BCUT2D eigenvalue weighted by molar-refractivity contribution is 5.76. The third kappa shape index (κ3) is 6.28. The van der Waals surface area contributed by atoms with Gasteiger partial charge in [0.2, 0.25) is 5.91 Å². The van der Waals surface area contributed by atoms with E-state index >= 15 is 0 Å². The number of amides is 1. The van der Waals surface area contributed by atoms with E-state index in [0.717, 1.165) is 16.9 Å². The van der Waals surface area contributed by atoms with Crippen LogP contribution in [-0.2, 0) is 27.0 Å². The molecule has 0 spiro atoms. The molecule has 0 aliphatic rings. The topological polar surface area (TPSA) is 73.2 Å². The van der Waals surface area contributed by atoms with Gasteiger partial charge in [-0.25, -0.2) is 0 Å². The average molecular weight is 307 g/mol. The van der Waals surface area contributed by atoms with Gasteiger partial charge in [-0.2, -0.15) is 18.3 Å². The number of carbonyl (C=O) groups excluding carboxylic acids is 2. The van der Waals surface area contributed by atoms with Crippen LogP contribution in [0.4, 0.5) is 13.2 Å². The molecule has 0 bridgehead atoms. The largest absolute Gasteiger partial charge is 0.463 e. The molecule has 0 unspecified atom stereocenters. The lowest BCUT2D eigenvalue weighted by molar-refractivity contribution is -0.147. The van der Waals surface area contributed by atoms with Gasteiger partial charge >= 0.3 is 12.1 Å². The highest BCUT2D eigenvalue weighted by Gasteiger charge is 2.33. The third-order valence-corrected chi connectivity index (χ3v) is 2.26. The van der Waals surface area contributed by atoms with Crippen LogP contribution < -0.4 is 5.32 Å². The highest BCUT2D eigenvalue weighted by atomic mass is 19.4. The van der Waals surface area contributed by atoms with Gasteiger partial charge in [0.1, 0.15) is 6.54 Å². The minimum Gasteiger partial charge on any atom is -0.463 e. The maximum absolute atomic E-state index is 12.3. The minimum atomic E-state index is -4.54. The van der Waals surface area contributed by atoms with Crippen LogP contribution in [0.25, 0.3) is 0 Å². The van der Waals surface area contributed by atoms with Crippen LogP contribution in [0.5, 0.6) is 0 Å². The SMILES string of the molecule is CC(C)OC(=O)CCNC(=O)Cn1ccc(C(F)(F)F)n1. The normalized spacial score (nSPS) is 11.5. The summed E-state index contributed by atoms with van der Waals surface area (Å²) in [4.78, 5) is 22.7. The fraction of sp³-hybridized carbons (Fsp3) is 0.583. The monoisotopic (exact) mass is 307 g/mol. The molecule has 0 fully saturated rings. The molecule has 1 aromatic heterocycles. The molecular weight excluding hydrogens is 291 g/mol. The van der Waals surface area contributed by atoms with Crippen LogP contribution in [-0.4, -0.2) is 34.3 Å². The van der Waals surface area contributed by atoms with E-state index < -0.39 is 23.7 Å². The van der Waals surface area contributed by atoms with E-state index in [1.54, 1.807) is 13.8 Å².